The molecule has 2 atom stereocenters. The number of rotatable bonds is 15. The molecular weight excluding hydrogens is 498 g/mol. The van der Waals surface area contributed by atoms with Crippen LogP contribution in [0.4, 0.5) is 0 Å². The van der Waals surface area contributed by atoms with Gasteiger partial charge >= 0.3 is 17.9 Å². The van der Waals surface area contributed by atoms with Crippen molar-refractivity contribution in [2.24, 2.45) is 5.73 Å². The lowest BCUT2D eigenvalue weighted by molar-refractivity contribution is -0.139. The van der Waals surface area contributed by atoms with Crippen molar-refractivity contribution in [1.82, 2.24) is 10.6 Å². The van der Waals surface area contributed by atoms with Crippen molar-refractivity contribution in [3.63, 3.8) is 0 Å². The summed E-state index contributed by atoms with van der Waals surface area (Å²) in [6.45, 7) is 0. The molecule has 0 spiro atoms. The fourth-order valence-corrected chi connectivity index (χ4v) is 3.58. The number of aryl methyl sites for hydroxylation is 1. The summed E-state index contributed by atoms with van der Waals surface area (Å²) in [6, 6.07) is 11.1. The van der Waals surface area contributed by atoms with Crippen LogP contribution in [-0.4, -0.2) is 63.0 Å². The number of carbonyl (C=O) groups is 6. The van der Waals surface area contributed by atoms with Crippen LogP contribution in [0.2, 0.25) is 0 Å². The summed E-state index contributed by atoms with van der Waals surface area (Å²) in [4.78, 5) is 69.7. The second kappa shape index (κ2) is 14.1. The summed E-state index contributed by atoms with van der Waals surface area (Å²) < 4.78 is 0. The van der Waals surface area contributed by atoms with Gasteiger partial charge in [-0.3, -0.25) is 24.0 Å². The van der Waals surface area contributed by atoms with Crippen LogP contribution in [0.15, 0.2) is 48.5 Å². The van der Waals surface area contributed by atoms with Crippen molar-refractivity contribution in [2.45, 2.75) is 50.6 Å². The van der Waals surface area contributed by atoms with Crippen LogP contribution in [0, 0.1) is 0 Å². The van der Waals surface area contributed by atoms with Crippen molar-refractivity contribution < 1.29 is 44.1 Å². The van der Waals surface area contributed by atoms with Crippen LogP contribution in [0.25, 0.3) is 11.1 Å². The third-order valence-corrected chi connectivity index (χ3v) is 5.64. The van der Waals surface area contributed by atoms with Gasteiger partial charge in [-0.25, -0.2) is 4.79 Å². The molecule has 2 rings (SSSR count). The highest BCUT2D eigenvalue weighted by molar-refractivity contribution is 5.92. The predicted molar refractivity (Wildman–Crippen MR) is 134 cm³/mol. The molecule has 38 heavy (non-hydrogen) atoms. The zero-order valence-electron chi connectivity index (χ0n) is 20.4. The van der Waals surface area contributed by atoms with E-state index in [0.717, 1.165) is 16.7 Å². The van der Waals surface area contributed by atoms with E-state index in [4.69, 9.17) is 21.1 Å². The number of hydrogen-bond acceptors (Lipinski definition) is 6. The molecule has 0 aromatic heterocycles. The molecule has 0 bridgehead atoms. The van der Waals surface area contributed by atoms with Crippen molar-refractivity contribution in [3.8, 4) is 11.1 Å². The van der Waals surface area contributed by atoms with E-state index in [0.29, 0.717) is 6.42 Å². The lowest BCUT2D eigenvalue weighted by Crippen LogP contribution is -2.53. The van der Waals surface area contributed by atoms with Gasteiger partial charge in [-0.15, -0.1) is 0 Å². The highest BCUT2D eigenvalue weighted by atomic mass is 16.4. The van der Waals surface area contributed by atoms with Gasteiger partial charge in [-0.05, 0) is 48.1 Å². The minimum absolute atomic E-state index is 0.0248. The maximum Gasteiger partial charge on any atom is 0.335 e. The number of nitrogens with one attached hydrogen (secondary N) is 2. The molecular formula is C26H29N3O9. The van der Waals surface area contributed by atoms with Crippen molar-refractivity contribution in [3.05, 3.63) is 59.7 Å². The summed E-state index contributed by atoms with van der Waals surface area (Å²) in [5.41, 5.74) is 7.69. The Kier molecular flexibility index (Phi) is 11.0. The number of nitrogens with two attached hydrogens (primary N) is 1. The van der Waals surface area contributed by atoms with E-state index >= 15 is 0 Å². The molecule has 12 heteroatoms. The Bertz CT molecular complexity index is 1190. The van der Waals surface area contributed by atoms with Gasteiger partial charge in [-0.2, -0.15) is 0 Å². The molecule has 0 radical (unpaired) electrons. The van der Waals surface area contributed by atoms with Crippen LogP contribution in [0.1, 0.15) is 48.0 Å². The minimum atomic E-state index is -1.29. The second-order valence-corrected chi connectivity index (χ2v) is 8.53. The van der Waals surface area contributed by atoms with Gasteiger partial charge in [0.05, 0.1) is 5.56 Å². The quantitative estimate of drug-likeness (QED) is 0.196. The SMILES string of the molecule is NC(=O)C(CCC(=O)O)NC(=O)C(CCC(=O)O)NC(=O)CCc1ccc(-c2cccc(C(=O)O)c2)cc1. The van der Waals surface area contributed by atoms with E-state index in [9.17, 15) is 28.8 Å². The maximum atomic E-state index is 12.7. The van der Waals surface area contributed by atoms with Crippen molar-refractivity contribution in [2.75, 3.05) is 0 Å². The van der Waals surface area contributed by atoms with E-state index in [1.165, 1.54) is 6.07 Å². The Morgan fingerprint density at radius 3 is 1.89 bits per heavy atom. The Balaban J connectivity index is 2.00. The Morgan fingerprint density at radius 1 is 0.737 bits per heavy atom. The number of carbonyl (C=O) groups excluding carboxylic acids is 3. The van der Waals surface area contributed by atoms with Gasteiger partial charge in [0.15, 0.2) is 0 Å². The molecule has 0 saturated heterocycles. The van der Waals surface area contributed by atoms with E-state index in [1.807, 2.05) is 0 Å². The zero-order valence-corrected chi connectivity index (χ0v) is 20.4. The van der Waals surface area contributed by atoms with E-state index < -0.39 is 60.6 Å². The van der Waals surface area contributed by atoms with Gasteiger partial charge in [0.1, 0.15) is 12.1 Å². The molecule has 0 aliphatic rings. The molecule has 202 valence electrons. The van der Waals surface area contributed by atoms with Gasteiger partial charge in [0.2, 0.25) is 17.7 Å². The molecule has 2 unspecified atom stereocenters. The summed E-state index contributed by atoms with van der Waals surface area (Å²) in [6.07, 6.45) is -1.09. The number of amides is 3. The molecule has 0 saturated carbocycles. The van der Waals surface area contributed by atoms with Crippen LogP contribution in [0.3, 0.4) is 0 Å². The average molecular weight is 528 g/mol. The standard InChI is InChI=1S/C26H29N3O9/c27-24(35)19(9-12-22(31)32)29-25(36)20(10-13-23(33)34)28-21(30)11-6-15-4-7-16(8-5-15)17-2-1-3-18(14-17)26(37)38/h1-5,7-8,14,19-20H,6,9-13H2,(H2,27,35)(H,28,30)(H,29,36)(H,31,32)(H,33,34)(H,37,38). The van der Waals surface area contributed by atoms with Gasteiger partial charge in [0.25, 0.3) is 0 Å². The third kappa shape index (κ3) is 9.72. The second-order valence-electron chi connectivity index (χ2n) is 8.53. The number of hydrogen-bond donors (Lipinski definition) is 6. The third-order valence-electron chi connectivity index (χ3n) is 5.64. The average Bonchev–Trinajstić information content (AvgIpc) is 2.87. The molecule has 0 aliphatic heterocycles. The first kappa shape index (κ1) is 29.5. The first-order valence-corrected chi connectivity index (χ1v) is 11.7. The van der Waals surface area contributed by atoms with Gasteiger partial charge in [-0.1, -0.05) is 36.4 Å². The molecule has 0 aliphatic carbocycles. The summed E-state index contributed by atoms with van der Waals surface area (Å²) in [7, 11) is 0. The maximum absolute atomic E-state index is 12.7. The number of aromatic carboxylic acids is 1. The minimum Gasteiger partial charge on any atom is -0.481 e. The Hall–Kier alpha value is -4.74. The predicted octanol–water partition coefficient (Wildman–Crippen LogP) is 1.17. The fraction of sp³-hybridized carbons (Fsp3) is 0.308. The van der Waals surface area contributed by atoms with Gasteiger partial charge in [0, 0.05) is 19.3 Å². The zero-order chi connectivity index (χ0) is 28.2. The molecule has 2 aromatic carbocycles. The Morgan fingerprint density at radius 2 is 1.34 bits per heavy atom. The van der Waals surface area contributed by atoms with Crippen LogP contribution < -0.4 is 16.4 Å². The van der Waals surface area contributed by atoms with E-state index in [1.54, 1.807) is 42.5 Å². The summed E-state index contributed by atoms with van der Waals surface area (Å²) in [5, 5.41) is 31.7. The number of carboxylic acids is 3. The van der Waals surface area contributed by atoms with Crippen LogP contribution in [0.5, 0.6) is 0 Å². The van der Waals surface area contributed by atoms with Gasteiger partial charge < -0.3 is 31.7 Å². The highest BCUT2D eigenvalue weighted by Crippen LogP contribution is 2.21. The molecule has 12 nitrogen and oxygen atoms in total. The van der Waals surface area contributed by atoms with Crippen LogP contribution >= 0.6 is 0 Å². The lowest BCUT2D eigenvalue weighted by atomic mass is 10.0. The molecule has 3 amide bonds. The Labute approximate surface area is 217 Å². The molecule has 2 aromatic rings. The van der Waals surface area contributed by atoms with Crippen LogP contribution in [-0.2, 0) is 30.4 Å². The van der Waals surface area contributed by atoms with Crippen molar-refractivity contribution >= 4 is 35.6 Å². The van der Waals surface area contributed by atoms with E-state index in [2.05, 4.69) is 10.6 Å². The van der Waals surface area contributed by atoms with E-state index in [-0.39, 0.29) is 24.8 Å². The van der Waals surface area contributed by atoms with Crippen molar-refractivity contribution in [1.29, 1.82) is 0 Å². The first-order chi connectivity index (χ1) is 18.0. The number of aliphatic carboxylic acids is 2. The summed E-state index contributed by atoms with van der Waals surface area (Å²) >= 11 is 0. The normalized spacial score (nSPS) is 12.1. The summed E-state index contributed by atoms with van der Waals surface area (Å²) in [5.74, 6) is -5.75. The monoisotopic (exact) mass is 527 g/mol. The fourth-order valence-electron chi connectivity index (χ4n) is 3.58. The first-order valence-electron chi connectivity index (χ1n) is 11.7. The molecule has 0 heterocycles. The molecule has 7 N–H and O–H groups in total. The highest BCUT2D eigenvalue weighted by Gasteiger charge is 2.26. The topological polar surface area (TPSA) is 213 Å². The number of primary amides is 1. The molecule has 0 fully saturated rings. The number of carboxylic acid groups (broad SMARTS) is 3. The smallest absolute Gasteiger partial charge is 0.335 e. The lowest BCUT2D eigenvalue weighted by Gasteiger charge is -2.21. The number of benzene rings is 2. The largest absolute Gasteiger partial charge is 0.481 e.